The lowest BCUT2D eigenvalue weighted by Crippen LogP contribution is -2.51. The molecule has 2 unspecified atom stereocenters. The molecule has 1 aliphatic rings. The van der Waals surface area contributed by atoms with E-state index in [9.17, 15) is 4.79 Å². The number of carbonyl (C=O) groups excluding carboxylic acids is 1. The minimum atomic E-state index is 0.00458. The van der Waals surface area contributed by atoms with E-state index in [2.05, 4.69) is 22.2 Å². The van der Waals surface area contributed by atoms with Crippen molar-refractivity contribution in [2.24, 2.45) is 11.7 Å². The number of nitrogens with two attached hydrogens (primary N) is 1. The van der Waals surface area contributed by atoms with Crippen molar-refractivity contribution < 1.29 is 4.79 Å². The number of nitrogens with one attached hydrogen (secondary N) is 1. The van der Waals surface area contributed by atoms with Gasteiger partial charge in [0.05, 0.1) is 12.7 Å². The quantitative estimate of drug-likeness (QED) is 0.862. The van der Waals surface area contributed by atoms with Gasteiger partial charge >= 0.3 is 0 Å². The Morgan fingerprint density at radius 2 is 2.33 bits per heavy atom. The van der Waals surface area contributed by atoms with Crippen LogP contribution in [0.2, 0.25) is 0 Å². The van der Waals surface area contributed by atoms with E-state index in [1.54, 1.807) is 6.20 Å². The van der Waals surface area contributed by atoms with Crippen LogP contribution in [0.4, 0.5) is 5.82 Å². The number of piperidine rings is 1. The van der Waals surface area contributed by atoms with Crippen LogP contribution >= 0.6 is 0 Å². The van der Waals surface area contributed by atoms with Gasteiger partial charge in [-0.3, -0.25) is 9.69 Å². The molecule has 0 bridgehead atoms. The molecule has 1 saturated heterocycles. The normalized spacial score (nSPS) is 23.5. The molecule has 0 radical (unpaired) electrons. The SMILES string of the molecule is CC1CCCN(CC(=O)Nc2ccnn2C(C)C)C1CN. The topological polar surface area (TPSA) is 76.2 Å². The number of anilines is 1. The summed E-state index contributed by atoms with van der Waals surface area (Å²) in [6.07, 6.45) is 4.04. The van der Waals surface area contributed by atoms with Gasteiger partial charge in [-0.2, -0.15) is 5.10 Å². The maximum Gasteiger partial charge on any atom is 0.239 e. The summed E-state index contributed by atoms with van der Waals surface area (Å²) in [5.41, 5.74) is 5.87. The van der Waals surface area contributed by atoms with Crippen LogP contribution < -0.4 is 11.1 Å². The molecule has 21 heavy (non-hydrogen) atoms. The predicted octanol–water partition coefficient (Wildman–Crippen LogP) is 1.46. The van der Waals surface area contributed by atoms with Gasteiger partial charge in [0.2, 0.25) is 5.91 Å². The Balaban J connectivity index is 1.96. The number of hydrogen-bond donors (Lipinski definition) is 2. The third-order valence-corrected chi connectivity index (χ3v) is 4.25. The minimum absolute atomic E-state index is 0.00458. The number of carbonyl (C=O) groups is 1. The van der Waals surface area contributed by atoms with Gasteiger partial charge in [-0.1, -0.05) is 6.92 Å². The monoisotopic (exact) mass is 293 g/mol. The number of likely N-dealkylation sites (tertiary alicyclic amines) is 1. The Hall–Kier alpha value is -1.40. The van der Waals surface area contributed by atoms with Crippen LogP contribution in [0.15, 0.2) is 12.3 Å². The fourth-order valence-corrected chi connectivity index (χ4v) is 3.10. The van der Waals surface area contributed by atoms with E-state index in [0.717, 1.165) is 18.8 Å². The van der Waals surface area contributed by atoms with Crippen molar-refractivity contribution >= 4 is 11.7 Å². The molecule has 1 aromatic rings. The lowest BCUT2D eigenvalue weighted by molar-refractivity contribution is -0.118. The summed E-state index contributed by atoms with van der Waals surface area (Å²) in [4.78, 5) is 14.5. The zero-order valence-electron chi connectivity index (χ0n) is 13.2. The van der Waals surface area contributed by atoms with Crippen molar-refractivity contribution in [1.29, 1.82) is 0 Å². The first-order valence-corrected chi connectivity index (χ1v) is 7.80. The zero-order valence-corrected chi connectivity index (χ0v) is 13.2. The van der Waals surface area contributed by atoms with E-state index >= 15 is 0 Å². The maximum atomic E-state index is 12.3. The summed E-state index contributed by atoms with van der Waals surface area (Å²) in [6.45, 7) is 8.26. The highest BCUT2D eigenvalue weighted by Gasteiger charge is 2.28. The summed E-state index contributed by atoms with van der Waals surface area (Å²) in [7, 11) is 0. The molecule has 0 aromatic carbocycles. The molecular formula is C15H27N5O. The maximum absolute atomic E-state index is 12.3. The molecule has 1 fully saturated rings. The van der Waals surface area contributed by atoms with Gasteiger partial charge in [0.1, 0.15) is 5.82 Å². The van der Waals surface area contributed by atoms with Crippen molar-refractivity contribution in [2.75, 3.05) is 25.0 Å². The predicted molar refractivity (Wildman–Crippen MR) is 84.1 cm³/mol. The molecule has 0 spiro atoms. The largest absolute Gasteiger partial charge is 0.329 e. The number of rotatable bonds is 5. The second kappa shape index (κ2) is 7.04. The Bertz CT molecular complexity index is 470. The highest BCUT2D eigenvalue weighted by molar-refractivity contribution is 5.91. The Kier molecular flexibility index (Phi) is 5.36. The molecule has 2 atom stereocenters. The van der Waals surface area contributed by atoms with Gasteiger partial charge in [0, 0.05) is 24.7 Å². The summed E-state index contributed by atoms with van der Waals surface area (Å²) < 4.78 is 1.82. The van der Waals surface area contributed by atoms with E-state index in [1.165, 1.54) is 6.42 Å². The average molecular weight is 293 g/mol. The summed E-state index contributed by atoms with van der Waals surface area (Å²) >= 11 is 0. The van der Waals surface area contributed by atoms with Crippen LogP contribution in [-0.2, 0) is 4.79 Å². The van der Waals surface area contributed by atoms with Crippen molar-refractivity contribution in [3.8, 4) is 0 Å². The molecule has 118 valence electrons. The average Bonchev–Trinajstić information content (AvgIpc) is 2.87. The van der Waals surface area contributed by atoms with Gasteiger partial charge < -0.3 is 11.1 Å². The van der Waals surface area contributed by atoms with Crippen LogP contribution in [0.3, 0.4) is 0 Å². The molecular weight excluding hydrogens is 266 g/mol. The first-order valence-electron chi connectivity index (χ1n) is 7.80. The standard InChI is InChI=1S/C15H27N5O/c1-11(2)20-14(6-7-17-20)18-15(21)10-19-8-4-5-12(3)13(19)9-16/h6-7,11-13H,4-5,8-10,16H2,1-3H3,(H,18,21). The van der Waals surface area contributed by atoms with Crippen LogP contribution in [0, 0.1) is 5.92 Å². The lowest BCUT2D eigenvalue weighted by Gasteiger charge is -2.38. The van der Waals surface area contributed by atoms with Gasteiger partial charge in [-0.05, 0) is 39.2 Å². The fourth-order valence-electron chi connectivity index (χ4n) is 3.10. The van der Waals surface area contributed by atoms with E-state index < -0.39 is 0 Å². The molecule has 2 rings (SSSR count). The molecule has 1 aromatic heterocycles. The Labute approximate surface area is 126 Å². The van der Waals surface area contributed by atoms with Gasteiger partial charge in [0.15, 0.2) is 0 Å². The third kappa shape index (κ3) is 3.83. The highest BCUT2D eigenvalue weighted by atomic mass is 16.2. The second-order valence-electron chi connectivity index (χ2n) is 6.20. The lowest BCUT2D eigenvalue weighted by atomic mass is 9.91. The summed E-state index contributed by atoms with van der Waals surface area (Å²) in [5, 5.41) is 7.18. The molecule has 6 heteroatoms. The molecule has 1 amide bonds. The highest BCUT2D eigenvalue weighted by Crippen LogP contribution is 2.22. The Morgan fingerprint density at radius 1 is 1.57 bits per heavy atom. The van der Waals surface area contributed by atoms with Crippen LogP contribution in [0.25, 0.3) is 0 Å². The first kappa shape index (κ1) is 16.0. The van der Waals surface area contributed by atoms with Crippen LogP contribution in [0.1, 0.15) is 39.7 Å². The van der Waals surface area contributed by atoms with E-state index in [0.29, 0.717) is 25.0 Å². The number of amides is 1. The fraction of sp³-hybridized carbons (Fsp3) is 0.733. The second-order valence-corrected chi connectivity index (χ2v) is 6.20. The van der Waals surface area contributed by atoms with Gasteiger partial charge in [-0.25, -0.2) is 4.68 Å². The summed E-state index contributed by atoms with van der Waals surface area (Å²) in [6, 6.07) is 2.36. The molecule has 1 aliphatic heterocycles. The number of nitrogens with zero attached hydrogens (tertiary/aromatic N) is 3. The molecule has 6 nitrogen and oxygen atoms in total. The van der Waals surface area contributed by atoms with Gasteiger partial charge in [0.25, 0.3) is 0 Å². The Morgan fingerprint density at radius 3 is 3.00 bits per heavy atom. The van der Waals surface area contributed by atoms with E-state index in [4.69, 9.17) is 5.73 Å². The number of aromatic nitrogens is 2. The third-order valence-electron chi connectivity index (χ3n) is 4.25. The molecule has 2 heterocycles. The van der Waals surface area contributed by atoms with Crippen molar-refractivity contribution in [2.45, 2.75) is 45.7 Å². The summed E-state index contributed by atoms with van der Waals surface area (Å²) in [5.74, 6) is 1.31. The molecule has 0 saturated carbocycles. The van der Waals surface area contributed by atoms with Gasteiger partial charge in [-0.15, -0.1) is 0 Å². The van der Waals surface area contributed by atoms with Crippen molar-refractivity contribution in [1.82, 2.24) is 14.7 Å². The molecule has 3 N–H and O–H groups in total. The van der Waals surface area contributed by atoms with Crippen molar-refractivity contribution in [3.05, 3.63) is 12.3 Å². The molecule has 0 aliphatic carbocycles. The van der Waals surface area contributed by atoms with Crippen molar-refractivity contribution in [3.63, 3.8) is 0 Å². The van der Waals surface area contributed by atoms with Crippen LogP contribution in [-0.4, -0.2) is 46.3 Å². The zero-order chi connectivity index (χ0) is 15.4. The smallest absolute Gasteiger partial charge is 0.239 e. The first-order chi connectivity index (χ1) is 10.0. The van der Waals surface area contributed by atoms with Crippen LogP contribution in [0.5, 0.6) is 0 Å². The number of hydrogen-bond acceptors (Lipinski definition) is 4. The minimum Gasteiger partial charge on any atom is -0.329 e. The van der Waals surface area contributed by atoms with E-state index in [1.807, 2.05) is 24.6 Å². The van der Waals surface area contributed by atoms with E-state index in [-0.39, 0.29) is 11.9 Å².